The number of amides is 1. The van der Waals surface area contributed by atoms with Gasteiger partial charge in [-0.05, 0) is 62.1 Å². The molecule has 0 bridgehead atoms. The Bertz CT molecular complexity index is 816. The van der Waals surface area contributed by atoms with Crippen molar-refractivity contribution < 1.29 is 13.9 Å². The van der Waals surface area contributed by atoms with Gasteiger partial charge in [0.15, 0.2) is 0 Å². The summed E-state index contributed by atoms with van der Waals surface area (Å²) in [6, 6.07) is 14.5. The lowest BCUT2D eigenvalue weighted by atomic mass is 9.98. The maximum Gasteiger partial charge on any atom is 0.254 e. The van der Waals surface area contributed by atoms with Crippen LogP contribution in [0.1, 0.15) is 35.7 Å². The molecule has 2 aromatic rings. The molecule has 0 aromatic heterocycles. The number of rotatable bonds is 5. The van der Waals surface area contributed by atoms with Crippen molar-refractivity contribution >= 4 is 5.91 Å². The fourth-order valence-corrected chi connectivity index (χ4v) is 4.22. The summed E-state index contributed by atoms with van der Waals surface area (Å²) >= 11 is 0. The smallest absolute Gasteiger partial charge is 0.254 e. The van der Waals surface area contributed by atoms with E-state index in [1.54, 1.807) is 12.1 Å². The molecule has 2 aliphatic rings. The van der Waals surface area contributed by atoms with E-state index in [2.05, 4.69) is 17.9 Å². The Kier molecular flexibility index (Phi) is 5.62. The summed E-state index contributed by atoms with van der Waals surface area (Å²) in [6.45, 7) is 5.66. The van der Waals surface area contributed by atoms with Crippen LogP contribution in [-0.4, -0.2) is 54.0 Å². The van der Waals surface area contributed by atoms with Crippen molar-refractivity contribution in [2.24, 2.45) is 0 Å². The largest absolute Gasteiger partial charge is 0.490 e. The molecule has 1 atom stereocenters. The van der Waals surface area contributed by atoms with Crippen LogP contribution in [0.3, 0.4) is 0 Å². The molecule has 1 saturated heterocycles. The minimum absolute atomic E-state index is 0.156. The van der Waals surface area contributed by atoms with Crippen LogP contribution < -0.4 is 4.74 Å². The first-order valence-corrected chi connectivity index (χ1v) is 10.1. The lowest BCUT2D eigenvalue weighted by Crippen LogP contribution is -2.50. The van der Waals surface area contributed by atoms with Crippen molar-refractivity contribution in [3.05, 3.63) is 65.5 Å². The van der Waals surface area contributed by atoms with Gasteiger partial charge in [0.2, 0.25) is 0 Å². The second-order valence-electron chi connectivity index (χ2n) is 7.81. The number of halogens is 1. The Labute approximate surface area is 165 Å². The highest BCUT2D eigenvalue weighted by Gasteiger charge is 2.29. The molecular formula is C23H27FN2O2. The molecule has 28 heavy (non-hydrogen) atoms. The summed E-state index contributed by atoms with van der Waals surface area (Å²) in [7, 11) is 0. The van der Waals surface area contributed by atoms with Crippen molar-refractivity contribution in [3.8, 4) is 5.75 Å². The average molecular weight is 382 g/mol. The summed E-state index contributed by atoms with van der Waals surface area (Å²) in [6.07, 6.45) is 2.98. The summed E-state index contributed by atoms with van der Waals surface area (Å²) in [4.78, 5) is 17.2. The highest BCUT2D eigenvalue weighted by atomic mass is 19.1. The van der Waals surface area contributed by atoms with Gasteiger partial charge in [0.05, 0.1) is 0 Å². The molecular weight excluding hydrogens is 355 g/mol. The van der Waals surface area contributed by atoms with Crippen LogP contribution in [-0.2, 0) is 6.42 Å². The number of carbonyl (C=O) groups excluding carboxylic acids is 1. The van der Waals surface area contributed by atoms with E-state index in [1.807, 2.05) is 23.1 Å². The zero-order valence-electron chi connectivity index (χ0n) is 16.3. The first-order valence-electron chi connectivity index (χ1n) is 10.1. The van der Waals surface area contributed by atoms with E-state index in [0.717, 1.165) is 62.3 Å². The van der Waals surface area contributed by atoms with Crippen LogP contribution in [0.2, 0.25) is 0 Å². The van der Waals surface area contributed by atoms with Gasteiger partial charge in [0, 0.05) is 37.8 Å². The number of carbonyl (C=O) groups is 1. The summed E-state index contributed by atoms with van der Waals surface area (Å²) in [5.41, 5.74) is 2.02. The van der Waals surface area contributed by atoms with E-state index in [4.69, 9.17) is 4.74 Å². The van der Waals surface area contributed by atoms with E-state index < -0.39 is 0 Å². The minimum atomic E-state index is -0.245. The van der Waals surface area contributed by atoms with Crippen molar-refractivity contribution in [1.82, 2.24) is 9.80 Å². The Morgan fingerprint density at radius 1 is 1.07 bits per heavy atom. The monoisotopic (exact) mass is 382 g/mol. The molecule has 1 fully saturated rings. The third kappa shape index (κ3) is 4.20. The molecule has 0 spiro atoms. The molecule has 0 saturated carbocycles. The van der Waals surface area contributed by atoms with E-state index in [0.29, 0.717) is 6.04 Å². The van der Waals surface area contributed by atoms with Crippen molar-refractivity contribution in [3.63, 3.8) is 0 Å². The molecule has 5 heteroatoms. The second-order valence-corrected chi connectivity index (χ2v) is 7.81. The van der Waals surface area contributed by atoms with Gasteiger partial charge in [-0.15, -0.1) is 0 Å². The number of likely N-dealkylation sites (tertiary alicyclic amines) is 1. The molecule has 2 heterocycles. The lowest BCUT2D eigenvalue weighted by molar-refractivity contribution is 0.0533. The van der Waals surface area contributed by atoms with Gasteiger partial charge in [0.1, 0.15) is 17.7 Å². The summed E-state index contributed by atoms with van der Waals surface area (Å²) in [5.74, 6) is 0.639. The molecule has 0 aliphatic carbocycles. The molecule has 148 valence electrons. The van der Waals surface area contributed by atoms with Crippen LogP contribution in [0.5, 0.6) is 5.75 Å². The first kappa shape index (κ1) is 18.9. The first-order chi connectivity index (χ1) is 13.6. The molecule has 0 radical (unpaired) electrons. The number of fused-ring (bicyclic) bond motifs is 1. The molecule has 1 amide bonds. The van der Waals surface area contributed by atoms with E-state index >= 15 is 0 Å². The van der Waals surface area contributed by atoms with Crippen molar-refractivity contribution in [1.29, 1.82) is 0 Å². The summed E-state index contributed by atoms with van der Waals surface area (Å²) < 4.78 is 19.0. The van der Waals surface area contributed by atoms with Gasteiger partial charge in [-0.1, -0.05) is 18.2 Å². The normalized spacial score (nSPS) is 19.4. The molecule has 2 aliphatic heterocycles. The second kappa shape index (κ2) is 8.31. The zero-order chi connectivity index (χ0) is 19.5. The fraction of sp³-hybridized carbons (Fsp3) is 0.435. The summed E-state index contributed by atoms with van der Waals surface area (Å²) in [5, 5.41) is 0. The Morgan fingerprint density at radius 3 is 2.54 bits per heavy atom. The minimum Gasteiger partial charge on any atom is -0.490 e. The van der Waals surface area contributed by atoms with Crippen LogP contribution in [0, 0.1) is 5.82 Å². The van der Waals surface area contributed by atoms with Crippen LogP contribution in [0.25, 0.3) is 0 Å². The highest BCUT2D eigenvalue weighted by Crippen LogP contribution is 2.23. The number of benzene rings is 2. The fourth-order valence-electron chi connectivity index (χ4n) is 4.22. The topological polar surface area (TPSA) is 32.8 Å². The van der Waals surface area contributed by atoms with Gasteiger partial charge in [-0.25, -0.2) is 4.39 Å². The molecule has 2 aromatic carbocycles. The Hall–Kier alpha value is -2.40. The predicted molar refractivity (Wildman–Crippen MR) is 107 cm³/mol. The van der Waals surface area contributed by atoms with Gasteiger partial charge in [-0.2, -0.15) is 0 Å². The van der Waals surface area contributed by atoms with Crippen molar-refractivity contribution in [2.45, 2.75) is 38.3 Å². The van der Waals surface area contributed by atoms with Gasteiger partial charge in [0.25, 0.3) is 5.91 Å². The van der Waals surface area contributed by atoms with E-state index in [9.17, 15) is 9.18 Å². The number of ether oxygens (including phenoxy) is 1. The van der Waals surface area contributed by atoms with Crippen LogP contribution >= 0.6 is 0 Å². The van der Waals surface area contributed by atoms with Crippen molar-refractivity contribution in [2.75, 3.05) is 26.2 Å². The maximum absolute atomic E-state index is 13.0. The molecule has 0 N–H and O–H groups in total. The van der Waals surface area contributed by atoms with Crippen LogP contribution in [0.15, 0.2) is 48.5 Å². The number of hydrogen-bond acceptors (Lipinski definition) is 3. The maximum atomic E-state index is 13.0. The number of hydrogen-bond donors (Lipinski definition) is 0. The Balaban J connectivity index is 1.28. The van der Waals surface area contributed by atoms with Gasteiger partial charge >= 0.3 is 0 Å². The van der Waals surface area contributed by atoms with Crippen LogP contribution in [0.4, 0.5) is 4.39 Å². The molecule has 4 rings (SSSR count). The lowest BCUT2D eigenvalue weighted by Gasteiger charge is -2.39. The third-order valence-corrected chi connectivity index (χ3v) is 5.89. The highest BCUT2D eigenvalue weighted by molar-refractivity contribution is 5.96. The van der Waals surface area contributed by atoms with E-state index in [-0.39, 0.29) is 17.8 Å². The zero-order valence-corrected chi connectivity index (χ0v) is 16.3. The Morgan fingerprint density at radius 2 is 1.79 bits per heavy atom. The predicted octanol–water partition coefficient (Wildman–Crippen LogP) is 3.76. The van der Waals surface area contributed by atoms with Gasteiger partial charge in [-0.3, -0.25) is 9.69 Å². The standard InChI is InChI=1S/C23H27FN2O2/c1-17(16-26-13-10-18-4-2-3-5-22(18)23(26)27)25-14-11-21(12-15-25)28-20-8-6-19(24)7-9-20/h2-9,17,21H,10-16H2,1H3. The number of piperidine rings is 1. The number of nitrogens with zero attached hydrogens (tertiary/aromatic N) is 2. The van der Waals surface area contributed by atoms with E-state index in [1.165, 1.54) is 12.1 Å². The third-order valence-electron chi connectivity index (χ3n) is 5.89. The average Bonchev–Trinajstić information content (AvgIpc) is 2.72. The van der Waals surface area contributed by atoms with Gasteiger partial charge < -0.3 is 9.64 Å². The molecule has 4 nitrogen and oxygen atoms in total. The molecule has 1 unspecified atom stereocenters. The SMILES string of the molecule is CC(CN1CCc2ccccc2C1=O)N1CCC(Oc2ccc(F)cc2)CC1. The quantitative estimate of drug-likeness (QED) is 0.789.